The van der Waals surface area contributed by atoms with E-state index in [2.05, 4.69) is 36.4 Å². The molecule has 0 spiro atoms. The van der Waals surface area contributed by atoms with Crippen molar-refractivity contribution in [3.63, 3.8) is 0 Å². The standard InChI is InChI=1S/C23H19N7O6S/c1-35-19-7-4-6-17(31)21(19)30-22(16-5-3-8-20(26-16)36-2)27-28-23(30)29-37(33,34)13-18(32)15-10-9-14(11-24)12-25-15/h4,6-10,12,18,31-32H,13H2,1-2H3,(H,28,29)/t18-/m1/s1. The number of aliphatic imine (C=N–C) groups is 1. The Labute approximate surface area is 211 Å². The predicted molar refractivity (Wildman–Crippen MR) is 130 cm³/mol. The molecule has 4 rings (SSSR count). The zero-order valence-corrected chi connectivity index (χ0v) is 20.3. The second-order valence-electron chi connectivity index (χ2n) is 7.41. The zero-order valence-electron chi connectivity index (χ0n) is 19.4. The molecule has 3 heterocycles. The molecule has 3 aromatic rings. The van der Waals surface area contributed by atoms with E-state index in [1.165, 1.54) is 55.3 Å². The number of aliphatic hydroxyl groups excluding tert-OH is 1. The second kappa shape index (κ2) is 10.4. The number of nitriles is 1. The smallest absolute Gasteiger partial charge is 0.243 e. The summed E-state index contributed by atoms with van der Waals surface area (Å²) in [6.45, 7) is 0. The number of phenolic OH excluding ortho intramolecular Hbond substituents is 1. The predicted octanol–water partition coefficient (Wildman–Crippen LogP) is 1.43. The summed E-state index contributed by atoms with van der Waals surface area (Å²) in [5.41, 5.74) is 5.90. The van der Waals surface area contributed by atoms with Crippen LogP contribution in [0, 0.1) is 11.3 Å². The number of benzene rings is 1. The molecule has 1 aliphatic heterocycles. The number of sulfonamides is 1. The van der Waals surface area contributed by atoms with Gasteiger partial charge in [0.15, 0.2) is 11.5 Å². The molecule has 0 unspecified atom stereocenters. The molecule has 1 aliphatic rings. The van der Waals surface area contributed by atoms with E-state index in [9.17, 15) is 18.6 Å². The molecule has 13 nitrogen and oxygen atoms in total. The lowest BCUT2D eigenvalue weighted by molar-refractivity contribution is 0.197. The van der Waals surface area contributed by atoms with Crippen LogP contribution in [0.25, 0.3) is 11.4 Å². The van der Waals surface area contributed by atoms with Crippen LogP contribution in [0.2, 0.25) is 0 Å². The van der Waals surface area contributed by atoms with Crippen LogP contribution in [0.5, 0.6) is 11.5 Å². The fourth-order valence-electron chi connectivity index (χ4n) is 3.31. The highest BCUT2D eigenvalue weighted by Gasteiger charge is 2.28. The van der Waals surface area contributed by atoms with Crippen molar-refractivity contribution in [2.45, 2.75) is 6.10 Å². The Balaban J connectivity index is 1.76. The number of phenols is 1. The van der Waals surface area contributed by atoms with Gasteiger partial charge in [-0.05, 0) is 30.0 Å². The lowest BCUT2D eigenvalue weighted by Crippen LogP contribution is -2.24. The number of para-hydroxylation sites is 1. The van der Waals surface area contributed by atoms with Crippen molar-refractivity contribution in [3.8, 4) is 23.3 Å². The summed E-state index contributed by atoms with van der Waals surface area (Å²) in [6.07, 6.45) is 1.15. The summed E-state index contributed by atoms with van der Waals surface area (Å²) in [6, 6.07) is 9.11. The maximum atomic E-state index is 13.0. The van der Waals surface area contributed by atoms with Crippen molar-refractivity contribution in [2.24, 2.45) is 4.99 Å². The van der Waals surface area contributed by atoms with E-state index in [0.717, 1.165) is 0 Å². The van der Waals surface area contributed by atoms with E-state index < -0.39 is 21.9 Å². The number of hydrogen-bond acceptors (Lipinski definition) is 11. The number of aliphatic hydroxyl groups is 1. The average Bonchev–Trinajstić information content (AvgIpc) is 3.30. The number of hydrogen-bond donors (Lipinski definition) is 3. The highest BCUT2D eigenvalue weighted by Crippen LogP contribution is 2.36. The number of nitrogens with zero attached hydrogens (tertiary/aromatic N) is 6. The molecule has 0 amide bonds. The fourth-order valence-corrected chi connectivity index (χ4v) is 4.39. The molecule has 0 saturated carbocycles. The van der Waals surface area contributed by atoms with Crippen LogP contribution in [0.3, 0.4) is 0 Å². The molecule has 0 bridgehead atoms. The first-order valence-corrected chi connectivity index (χ1v) is 12.1. The first kappa shape index (κ1) is 25.2. The van der Waals surface area contributed by atoms with Gasteiger partial charge in [-0.25, -0.2) is 13.4 Å². The van der Waals surface area contributed by atoms with Gasteiger partial charge in [-0.2, -0.15) is 5.26 Å². The molecule has 14 heteroatoms. The molecule has 1 aromatic carbocycles. The van der Waals surface area contributed by atoms with Crippen molar-refractivity contribution >= 4 is 27.6 Å². The van der Waals surface area contributed by atoms with Gasteiger partial charge >= 0.3 is 0 Å². The Morgan fingerprint density at radius 3 is 2.70 bits per heavy atom. The number of methoxy groups -OCH3 is 2. The lowest BCUT2D eigenvalue weighted by atomic mass is 10.2. The van der Waals surface area contributed by atoms with Crippen molar-refractivity contribution in [1.82, 2.24) is 19.7 Å². The quantitative estimate of drug-likeness (QED) is 0.366. The minimum atomic E-state index is -4.26. The Bertz CT molecular complexity index is 1620. The summed E-state index contributed by atoms with van der Waals surface area (Å²) in [7, 11) is -1.48. The van der Waals surface area contributed by atoms with Crippen molar-refractivity contribution in [1.29, 1.82) is 5.26 Å². The van der Waals surface area contributed by atoms with Gasteiger partial charge in [0.05, 0.1) is 31.6 Å². The largest absolute Gasteiger partial charge is 0.506 e. The summed E-state index contributed by atoms with van der Waals surface area (Å²) in [5.74, 6) is -1.03. The highest BCUT2D eigenvalue weighted by molar-refractivity contribution is 7.92. The first-order valence-electron chi connectivity index (χ1n) is 10.5. The molecule has 37 heavy (non-hydrogen) atoms. The van der Waals surface area contributed by atoms with E-state index in [-0.39, 0.29) is 51.8 Å². The Kier molecular flexibility index (Phi) is 7.06. The van der Waals surface area contributed by atoms with E-state index in [1.807, 2.05) is 6.07 Å². The van der Waals surface area contributed by atoms with Crippen LogP contribution in [-0.4, -0.2) is 64.2 Å². The Morgan fingerprint density at radius 1 is 1.22 bits per heavy atom. The molecular formula is C23H19N7O6S. The zero-order chi connectivity index (χ0) is 26.6. The minimum Gasteiger partial charge on any atom is -0.506 e. The number of pyridine rings is 1. The number of rotatable bonds is 8. The number of nitrogens with one attached hydrogen (secondary N) is 1. The third kappa shape index (κ3) is 5.35. The van der Waals surface area contributed by atoms with Crippen molar-refractivity contribution in [2.75, 3.05) is 24.7 Å². The van der Waals surface area contributed by atoms with Crippen molar-refractivity contribution < 1.29 is 28.1 Å². The SMILES string of the molecule is COC1=NC(c2nnc(NS(=O)(=O)C[C@@H](O)c3ccc(C#N)cn3)n2-c2c(O)cccc2OC)=C=C=C1. The van der Waals surface area contributed by atoms with Gasteiger partial charge in [0.1, 0.15) is 35.1 Å². The molecule has 0 saturated heterocycles. The second-order valence-corrected chi connectivity index (χ2v) is 9.18. The molecule has 0 fully saturated rings. The van der Waals surface area contributed by atoms with E-state index in [1.54, 1.807) is 6.07 Å². The van der Waals surface area contributed by atoms with Gasteiger partial charge < -0.3 is 19.7 Å². The van der Waals surface area contributed by atoms with Gasteiger partial charge in [-0.1, -0.05) is 11.8 Å². The van der Waals surface area contributed by atoms with E-state index in [4.69, 9.17) is 14.7 Å². The summed E-state index contributed by atoms with van der Waals surface area (Å²) in [4.78, 5) is 8.17. The third-order valence-corrected chi connectivity index (χ3v) is 6.24. The summed E-state index contributed by atoms with van der Waals surface area (Å²) < 4.78 is 39.9. The van der Waals surface area contributed by atoms with E-state index in [0.29, 0.717) is 0 Å². The van der Waals surface area contributed by atoms with Gasteiger partial charge in [-0.15, -0.1) is 10.2 Å². The van der Waals surface area contributed by atoms with Gasteiger partial charge in [0, 0.05) is 6.20 Å². The van der Waals surface area contributed by atoms with Crippen LogP contribution in [0.1, 0.15) is 23.2 Å². The lowest BCUT2D eigenvalue weighted by Gasteiger charge is -2.17. The molecule has 188 valence electrons. The topological polar surface area (TPSA) is 185 Å². The normalized spacial score (nSPS) is 13.4. The number of aromatic hydroxyl groups is 1. The van der Waals surface area contributed by atoms with Crippen LogP contribution in [0.4, 0.5) is 5.95 Å². The summed E-state index contributed by atoms with van der Waals surface area (Å²) in [5, 5.41) is 38.0. The highest BCUT2D eigenvalue weighted by atomic mass is 32.2. The van der Waals surface area contributed by atoms with Gasteiger partial charge in [0.2, 0.25) is 21.9 Å². The molecule has 0 radical (unpaired) electrons. The van der Waals surface area contributed by atoms with Crippen LogP contribution in [0.15, 0.2) is 59.1 Å². The fraction of sp³-hybridized carbons (Fsp3) is 0.174. The molecular weight excluding hydrogens is 502 g/mol. The number of aromatic nitrogens is 4. The first-order chi connectivity index (χ1) is 17.8. The monoisotopic (exact) mass is 521 g/mol. The van der Waals surface area contributed by atoms with Crippen LogP contribution in [-0.2, 0) is 14.8 Å². The average molecular weight is 522 g/mol. The molecule has 0 aliphatic carbocycles. The summed E-state index contributed by atoms with van der Waals surface area (Å²) >= 11 is 0. The van der Waals surface area contributed by atoms with Gasteiger partial charge in [0.25, 0.3) is 0 Å². The molecule has 1 atom stereocenters. The minimum absolute atomic E-state index is 0.0121. The van der Waals surface area contributed by atoms with Gasteiger partial charge in [-0.3, -0.25) is 14.3 Å². The Hall–Kier alpha value is -4.92. The molecule has 2 aromatic heterocycles. The van der Waals surface area contributed by atoms with Crippen molar-refractivity contribution in [3.05, 3.63) is 71.1 Å². The maximum Gasteiger partial charge on any atom is 0.243 e. The maximum absolute atomic E-state index is 13.0. The van der Waals surface area contributed by atoms with Crippen LogP contribution >= 0.6 is 0 Å². The Morgan fingerprint density at radius 2 is 2.03 bits per heavy atom. The third-order valence-electron chi connectivity index (χ3n) is 4.99. The number of anilines is 1. The number of ether oxygens (including phenoxy) is 2. The van der Waals surface area contributed by atoms with E-state index >= 15 is 0 Å². The van der Waals surface area contributed by atoms with Crippen LogP contribution < -0.4 is 9.46 Å². The molecule has 3 N–H and O–H groups in total.